The summed E-state index contributed by atoms with van der Waals surface area (Å²) in [7, 11) is 0. The number of aromatic nitrogens is 2. The number of hydrogen-bond acceptors (Lipinski definition) is 6. The van der Waals surface area contributed by atoms with Gasteiger partial charge in [0.05, 0.1) is 12.4 Å². The molecule has 2 rings (SSSR count). The Bertz CT molecular complexity index is 560. The van der Waals surface area contributed by atoms with E-state index in [2.05, 4.69) is 15.5 Å². The van der Waals surface area contributed by atoms with Crippen molar-refractivity contribution in [2.45, 2.75) is 12.1 Å². The SMILES string of the molecule is CCOCCNC(=O)CSc1nnc(-c2ccccc2)o1. The zero-order valence-corrected chi connectivity index (χ0v) is 12.6. The second kappa shape index (κ2) is 8.43. The van der Waals surface area contributed by atoms with Crippen molar-refractivity contribution in [2.24, 2.45) is 0 Å². The molecule has 1 amide bonds. The van der Waals surface area contributed by atoms with Crippen molar-refractivity contribution in [3.05, 3.63) is 30.3 Å². The molecule has 0 aliphatic heterocycles. The Balaban J connectivity index is 1.77. The van der Waals surface area contributed by atoms with E-state index in [-0.39, 0.29) is 11.7 Å². The molecule has 7 heteroatoms. The van der Waals surface area contributed by atoms with Gasteiger partial charge in [0.25, 0.3) is 5.22 Å². The molecule has 0 saturated carbocycles. The van der Waals surface area contributed by atoms with Gasteiger partial charge in [0.2, 0.25) is 11.8 Å². The molecule has 21 heavy (non-hydrogen) atoms. The lowest BCUT2D eigenvalue weighted by Crippen LogP contribution is -2.28. The van der Waals surface area contributed by atoms with E-state index in [0.717, 1.165) is 5.56 Å². The highest BCUT2D eigenvalue weighted by atomic mass is 32.2. The van der Waals surface area contributed by atoms with E-state index in [1.165, 1.54) is 11.8 Å². The van der Waals surface area contributed by atoms with E-state index in [1.54, 1.807) is 0 Å². The molecule has 1 aromatic carbocycles. The molecule has 6 nitrogen and oxygen atoms in total. The van der Waals surface area contributed by atoms with Gasteiger partial charge in [-0.25, -0.2) is 0 Å². The highest BCUT2D eigenvalue weighted by molar-refractivity contribution is 7.99. The molecule has 0 bridgehead atoms. The van der Waals surface area contributed by atoms with Gasteiger partial charge in [0.1, 0.15) is 0 Å². The van der Waals surface area contributed by atoms with Gasteiger partial charge in [-0.3, -0.25) is 4.79 Å². The summed E-state index contributed by atoms with van der Waals surface area (Å²) in [6.45, 7) is 3.59. The molecule has 0 spiro atoms. The van der Waals surface area contributed by atoms with Gasteiger partial charge in [0.15, 0.2) is 0 Å². The fourth-order valence-corrected chi connectivity index (χ4v) is 2.14. The number of thioether (sulfide) groups is 1. The maximum atomic E-state index is 11.6. The van der Waals surface area contributed by atoms with Crippen molar-refractivity contribution in [3.63, 3.8) is 0 Å². The average Bonchev–Trinajstić information content (AvgIpc) is 2.99. The molecular formula is C14H17N3O3S. The Kier molecular flexibility index (Phi) is 6.23. The van der Waals surface area contributed by atoms with Crippen LogP contribution in [0.25, 0.3) is 11.5 Å². The summed E-state index contributed by atoms with van der Waals surface area (Å²) in [6.07, 6.45) is 0. The Labute approximate surface area is 127 Å². The molecule has 0 unspecified atom stereocenters. The number of ether oxygens (including phenoxy) is 1. The molecule has 1 heterocycles. The van der Waals surface area contributed by atoms with Gasteiger partial charge in [0, 0.05) is 18.7 Å². The second-order valence-corrected chi connectivity index (χ2v) is 5.00. The summed E-state index contributed by atoms with van der Waals surface area (Å²) >= 11 is 1.21. The van der Waals surface area contributed by atoms with Gasteiger partial charge in [-0.1, -0.05) is 30.0 Å². The Hall–Kier alpha value is -1.86. The van der Waals surface area contributed by atoms with Gasteiger partial charge >= 0.3 is 0 Å². The lowest BCUT2D eigenvalue weighted by molar-refractivity contribution is -0.118. The number of amides is 1. The van der Waals surface area contributed by atoms with Crippen LogP contribution < -0.4 is 5.32 Å². The first-order valence-electron chi connectivity index (χ1n) is 6.65. The molecule has 2 aromatic rings. The molecule has 0 aliphatic rings. The highest BCUT2D eigenvalue weighted by Gasteiger charge is 2.10. The quantitative estimate of drug-likeness (QED) is 0.593. The number of hydrogen-bond donors (Lipinski definition) is 1. The predicted octanol–water partition coefficient (Wildman–Crippen LogP) is 1.98. The zero-order valence-electron chi connectivity index (χ0n) is 11.7. The van der Waals surface area contributed by atoms with E-state index in [4.69, 9.17) is 9.15 Å². The van der Waals surface area contributed by atoms with Crippen LogP contribution in [0.3, 0.4) is 0 Å². The van der Waals surface area contributed by atoms with Crippen LogP contribution in [0.2, 0.25) is 0 Å². The van der Waals surface area contributed by atoms with Crippen molar-refractivity contribution >= 4 is 17.7 Å². The maximum absolute atomic E-state index is 11.6. The molecular weight excluding hydrogens is 290 g/mol. The first-order chi connectivity index (χ1) is 10.3. The lowest BCUT2D eigenvalue weighted by Gasteiger charge is -2.03. The summed E-state index contributed by atoms with van der Waals surface area (Å²) in [5.74, 6) is 0.608. The minimum Gasteiger partial charge on any atom is -0.411 e. The van der Waals surface area contributed by atoms with E-state index >= 15 is 0 Å². The van der Waals surface area contributed by atoms with Crippen molar-refractivity contribution in [1.29, 1.82) is 0 Å². The Morgan fingerprint density at radius 2 is 2.14 bits per heavy atom. The molecule has 0 fully saturated rings. The number of nitrogens with zero attached hydrogens (tertiary/aromatic N) is 2. The van der Waals surface area contributed by atoms with E-state index < -0.39 is 0 Å². The first-order valence-corrected chi connectivity index (χ1v) is 7.64. The lowest BCUT2D eigenvalue weighted by atomic mass is 10.2. The van der Waals surface area contributed by atoms with Crippen LogP contribution in [0, 0.1) is 0 Å². The van der Waals surface area contributed by atoms with Gasteiger partial charge in [-0.2, -0.15) is 0 Å². The molecule has 0 saturated heterocycles. The third-order valence-corrected chi connectivity index (χ3v) is 3.35. The number of benzene rings is 1. The molecule has 0 atom stereocenters. The van der Waals surface area contributed by atoms with Crippen LogP contribution in [0.1, 0.15) is 6.92 Å². The van der Waals surface area contributed by atoms with Crippen molar-refractivity contribution < 1.29 is 13.9 Å². The Morgan fingerprint density at radius 3 is 2.90 bits per heavy atom. The van der Waals surface area contributed by atoms with Crippen LogP contribution in [0.5, 0.6) is 0 Å². The number of rotatable bonds is 8. The van der Waals surface area contributed by atoms with Gasteiger partial charge < -0.3 is 14.5 Å². The average molecular weight is 307 g/mol. The third kappa shape index (κ3) is 5.20. The zero-order chi connectivity index (χ0) is 14.9. The van der Waals surface area contributed by atoms with Crippen molar-refractivity contribution in [3.8, 4) is 11.5 Å². The Morgan fingerprint density at radius 1 is 1.33 bits per heavy atom. The summed E-state index contributed by atoms with van der Waals surface area (Å²) in [6, 6.07) is 9.50. The van der Waals surface area contributed by atoms with E-state index in [0.29, 0.717) is 30.9 Å². The first kappa shape index (κ1) is 15.5. The molecule has 1 N–H and O–H groups in total. The fourth-order valence-electron chi connectivity index (χ4n) is 1.55. The standard InChI is InChI=1S/C14H17N3O3S/c1-2-19-9-8-15-12(18)10-21-14-17-16-13(20-14)11-6-4-3-5-7-11/h3-7H,2,8-10H2,1H3,(H,15,18). The third-order valence-electron chi connectivity index (χ3n) is 2.53. The van der Waals surface area contributed by atoms with Gasteiger partial charge in [-0.05, 0) is 19.1 Å². The minimum atomic E-state index is -0.0841. The van der Waals surface area contributed by atoms with Crippen LogP contribution in [-0.4, -0.2) is 41.6 Å². The monoisotopic (exact) mass is 307 g/mol. The fraction of sp³-hybridized carbons (Fsp3) is 0.357. The summed E-state index contributed by atoms with van der Waals surface area (Å²) in [5.41, 5.74) is 0.859. The minimum absolute atomic E-state index is 0.0841. The number of carbonyl (C=O) groups is 1. The molecule has 1 aromatic heterocycles. The largest absolute Gasteiger partial charge is 0.411 e. The smallest absolute Gasteiger partial charge is 0.277 e. The summed E-state index contributed by atoms with van der Waals surface area (Å²) in [5, 5.41) is 11.0. The van der Waals surface area contributed by atoms with Crippen LogP contribution >= 0.6 is 11.8 Å². The van der Waals surface area contributed by atoms with E-state index in [1.807, 2.05) is 37.3 Å². The molecule has 0 aliphatic carbocycles. The van der Waals surface area contributed by atoms with Gasteiger partial charge in [-0.15, -0.1) is 10.2 Å². The number of nitrogens with one attached hydrogen (secondary N) is 1. The second-order valence-electron chi connectivity index (χ2n) is 4.07. The van der Waals surface area contributed by atoms with E-state index in [9.17, 15) is 4.79 Å². The molecule has 112 valence electrons. The highest BCUT2D eigenvalue weighted by Crippen LogP contribution is 2.22. The van der Waals surface area contributed by atoms with Crippen LogP contribution in [0.4, 0.5) is 0 Å². The van der Waals surface area contributed by atoms with Crippen LogP contribution in [0.15, 0.2) is 40.0 Å². The molecule has 0 radical (unpaired) electrons. The van der Waals surface area contributed by atoms with Crippen molar-refractivity contribution in [1.82, 2.24) is 15.5 Å². The summed E-state index contributed by atoms with van der Waals surface area (Å²) < 4.78 is 10.6. The topological polar surface area (TPSA) is 77.2 Å². The number of carbonyl (C=O) groups excluding carboxylic acids is 1. The normalized spacial score (nSPS) is 10.5. The predicted molar refractivity (Wildman–Crippen MR) is 80.0 cm³/mol. The maximum Gasteiger partial charge on any atom is 0.277 e. The van der Waals surface area contributed by atoms with Crippen molar-refractivity contribution in [2.75, 3.05) is 25.5 Å². The van der Waals surface area contributed by atoms with Crippen LogP contribution in [-0.2, 0) is 9.53 Å². The summed E-state index contributed by atoms with van der Waals surface area (Å²) in [4.78, 5) is 11.6.